The monoisotopic (exact) mass is 566 g/mol. The Hall–Kier alpha value is -3.26. The zero-order valence-electron chi connectivity index (χ0n) is 23.1. The number of carbonyl (C=O) groups is 4. The van der Waals surface area contributed by atoms with Gasteiger partial charge in [-0.3, -0.25) is 38.8 Å². The van der Waals surface area contributed by atoms with Crippen molar-refractivity contribution in [3.8, 4) is 5.75 Å². The maximum atomic E-state index is 11.8. The molecule has 1 saturated heterocycles. The first-order valence-electron chi connectivity index (χ1n) is 13.6. The number of unbranched alkanes of at least 4 members (excludes halogenated alkanes) is 1. The second-order valence-electron chi connectivity index (χ2n) is 10.0. The molecule has 1 aliphatic heterocycles. The van der Waals surface area contributed by atoms with Crippen LogP contribution < -0.4 is 4.74 Å². The Morgan fingerprint density at radius 2 is 1.20 bits per heavy atom. The molecule has 40 heavy (non-hydrogen) atoms. The van der Waals surface area contributed by atoms with Crippen molar-refractivity contribution < 1.29 is 44.3 Å². The first-order valence-corrected chi connectivity index (χ1v) is 13.6. The van der Waals surface area contributed by atoms with Gasteiger partial charge in [0, 0.05) is 51.9 Å². The van der Waals surface area contributed by atoms with E-state index >= 15 is 0 Å². The third-order valence-electron chi connectivity index (χ3n) is 6.73. The fraction of sp³-hybridized carbons (Fsp3) is 0.630. The number of rotatable bonds is 14. The topological polar surface area (TPSA) is 171 Å². The number of nitrogens with zero attached hydrogens (tertiary/aromatic N) is 4. The summed E-state index contributed by atoms with van der Waals surface area (Å²) in [4.78, 5) is 53.2. The summed E-state index contributed by atoms with van der Waals surface area (Å²) < 4.78 is 5.74. The van der Waals surface area contributed by atoms with E-state index in [1.807, 2.05) is 24.3 Å². The fourth-order valence-corrected chi connectivity index (χ4v) is 4.68. The molecule has 1 aromatic rings. The number of ether oxygens (including phenoxy) is 1. The Bertz CT molecular complexity index is 960. The van der Waals surface area contributed by atoms with Crippen molar-refractivity contribution in [2.45, 2.75) is 32.2 Å². The summed E-state index contributed by atoms with van der Waals surface area (Å²) in [7, 11) is 0. The molecule has 0 bridgehead atoms. The highest BCUT2D eigenvalue weighted by molar-refractivity contribution is 5.70. The van der Waals surface area contributed by atoms with Gasteiger partial charge in [-0.25, -0.2) is 0 Å². The Morgan fingerprint density at radius 1 is 0.725 bits per heavy atom. The summed E-state index contributed by atoms with van der Waals surface area (Å²) in [6.45, 7) is 3.35. The van der Waals surface area contributed by atoms with E-state index in [9.17, 15) is 39.6 Å². The lowest BCUT2D eigenvalue weighted by atomic mass is 10.0. The lowest BCUT2D eigenvalue weighted by molar-refractivity contribution is -0.142. The molecule has 13 heteroatoms. The summed E-state index contributed by atoms with van der Waals surface area (Å²) >= 11 is 0. The molecule has 1 aromatic carbocycles. The Labute approximate surface area is 234 Å². The Morgan fingerprint density at radius 3 is 1.70 bits per heavy atom. The van der Waals surface area contributed by atoms with Crippen molar-refractivity contribution in [2.75, 3.05) is 78.6 Å². The van der Waals surface area contributed by atoms with Gasteiger partial charge in [0.2, 0.25) is 0 Å². The second-order valence-corrected chi connectivity index (χ2v) is 10.0. The van der Waals surface area contributed by atoms with E-state index in [0.29, 0.717) is 13.0 Å². The van der Waals surface area contributed by atoms with Crippen molar-refractivity contribution in [3.63, 3.8) is 0 Å². The van der Waals surface area contributed by atoms with Crippen molar-refractivity contribution in [2.24, 2.45) is 0 Å². The van der Waals surface area contributed by atoms with Gasteiger partial charge in [0.1, 0.15) is 5.75 Å². The Kier molecular flexibility index (Phi) is 14.4. The summed E-state index contributed by atoms with van der Waals surface area (Å²) in [5, 5.41) is 38.0. The molecule has 4 N–H and O–H groups in total. The quantitative estimate of drug-likeness (QED) is 0.227. The van der Waals surface area contributed by atoms with Crippen LogP contribution in [-0.2, 0) is 25.6 Å². The van der Waals surface area contributed by atoms with Crippen molar-refractivity contribution in [1.82, 2.24) is 19.6 Å². The van der Waals surface area contributed by atoms with Crippen molar-refractivity contribution in [1.29, 1.82) is 0 Å². The molecule has 0 radical (unpaired) electrons. The maximum Gasteiger partial charge on any atom is 0.317 e. The number of hydrogen-bond donors (Lipinski definition) is 4. The molecule has 0 aromatic heterocycles. The standard InChI is InChI=1S/C27H42N4O9/c1-2-3-14-40-23-6-4-21(5-7-23)15-22-16-30(19-26(36)37)11-10-28(17-24(32)33)8-9-29(18-25(34)35)12-13-31(22)20-27(38)39/h4-7,22H,2-3,8-20H2,1H3,(H,32,33)(H,34,35)(H,36,37)(H,38,39)/t22-/m0/s1. The third-order valence-corrected chi connectivity index (χ3v) is 6.73. The minimum absolute atomic E-state index is 0.230. The van der Waals surface area contributed by atoms with Crippen LogP contribution in [-0.4, -0.2) is 149 Å². The zero-order chi connectivity index (χ0) is 29.5. The molecule has 0 spiro atoms. The van der Waals surface area contributed by atoms with Crippen LogP contribution in [0.4, 0.5) is 0 Å². The maximum absolute atomic E-state index is 11.8. The Balaban J connectivity index is 2.35. The smallest absolute Gasteiger partial charge is 0.317 e. The largest absolute Gasteiger partial charge is 0.494 e. The minimum atomic E-state index is -1.04. The van der Waals surface area contributed by atoms with Crippen LogP contribution in [0.5, 0.6) is 5.75 Å². The lowest BCUT2D eigenvalue weighted by Gasteiger charge is -2.37. The average Bonchev–Trinajstić information content (AvgIpc) is 2.86. The summed E-state index contributed by atoms with van der Waals surface area (Å²) in [6, 6.07) is 7.12. The van der Waals surface area contributed by atoms with E-state index in [1.54, 1.807) is 19.6 Å². The van der Waals surface area contributed by atoms with Gasteiger partial charge < -0.3 is 25.2 Å². The molecule has 1 atom stereocenters. The molecule has 2 rings (SSSR count). The predicted octanol–water partition coefficient (Wildman–Crippen LogP) is 0.337. The summed E-state index contributed by atoms with van der Waals surface area (Å²) in [6.07, 6.45) is 2.39. The molecule has 1 heterocycles. The van der Waals surface area contributed by atoms with Crippen LogP contribution in [0.1, 0.15) is 25.3 Å². The minimum Gasteiger partial charge on any atom is -0.494 e. The average molecular weight is 567 g/mol. The number of carboxylic acids is 4. The van der Waals surface area contributed by atoms with Gasteiger partial charge in [-0.2, -0.15) is 0 Å². The van der Waals surface area contributed by atoms with Gasteiger partial charge in [0.15, 0.2) is 0 Å². The van der Waals surface area contributed by atoms with Crippen molar-refractivity contribution in [3.05, 3.63) is 29.8 Å². The van der Waals surface area contributed by atoms with Crippen LogP contribution >= 0.6 is 0 Å². The molecule has 0 amide bonds. The van der Waals surface area contributed by atoms with E-state index in [-0.39, 0.29) is 72.0 Å². The normalized spacial score (nSPS) is 18.9. The van der Waals surface area contributed by atoms with Crippen LogP contribution in [0, 0.1) is 0 Å². The number of carboxylic acid groups (broad SMARTS) is 4. The van der Waals surface area contributed by atoms with Gasteiger partial charge in [-0.05, 0) is 30.5 Å². The molecule has 0 saturated carbocycles. The number of aliphatic carboxylic acids is 4. The third kappa shape index (κ3) is 13.2. The van der Waals surface area contributed by atoms with E-state index < -0.39 is 29.9 Å². The molecule has 224 valence electrons. The zero-order valence-corrected chi connectivity index (χ0v) is 23.1. The second kappa shape index (κ2) is 17.4. The van der Waals surface area contributed by atoms with E-state index in [2.05, 4.69) is 6.92 Å². The first-order chi connectivity index (χ1) is 19.0. The molecule has 1 fully saturated rings. The fourth-order valence-electron chi connectivity index (χ4n) is 4.68. The highest BCUT2D eigenvalue weighted by Gasteiger charge is 2.27. The number of hydrogen-bond acceptors (Lipinski definition) is 9. The van der Waals surface area contributed by atoms with Crippen LogP contribution in [0.2, 0.25) is 0 Å². The number of benzene rings is 1. The highest BCUT2D eigenvalue weighted by atomic mass is 16.5. The van der Waals surface area contributed by atoms with Gasteiger partial charge in [0.25, 0.3) is 0 Å². The van der Waals surface area contributed by atoms with Gasteiger partial charge >= 0.3 is 23.9 Å². The van der Waals surface area contributed by atoms with Crippen LogP contribution in [0.25, 0.3) is 0 Å². The van der Waals surface area contributed by atoms with Crippen molar-refractivity contribution >= 4 is 23.9 Å². The molecule has 1 aliphatic rings. The predicted molar refractivity (Wildman–Crippen MR) is 146 cm³/mol. The SMILES string of the molecule is CCCCOc1ccc(C[C@H]2CN(CC(=O)O)CCN(CC(=O)O)CCN(CC(=O)O)CCN2CC(=O)O)cc1. The van der Waals surface area contributed by atoms with Gasteiger partial charge in [-0.1, -0.05) is 25.5 Å². The molecule has 13 nitrogen and oxygen atoms in total. The van der Waals surface area contributed by atoms with E-state index in [0.717, 1.165) is 24.2 Å². The molecular formula is C27H42N4O9. The first kappa shape index (κ1) is 32.9. The van der Waals surface area contributed by atoms with E-state index in [4.69, 9.17) is 4.74 Å². The molecule has 0 aliphatic carbocycles. The van der Waals surface area contributed by atoms with Gasteiger partial charge in [-0.15, -0.1) is 0 Å². The van der Waals surface area contributed by atoms with Crippen LogP contribution in [0.3, 0.4) is 0 Å². The summed E-state index contributed by atoms with van der Waals surface area (Å²) in [5.74, 6) is -3.42. The van der Waals surface area contributed by atoms with Crippen LogP contribution in [0.15, 0.2) is 24.3 Å². The lowest BCUT2D eigenvalue weighted by Crippen LogP contribution is -2.53. The highest BCUT2D eigenvalue weighted by Crippen LogP contribution is 2.17. The van der Waals surface area contributed by atoms with Gasteiger partial charge in [0.05, 0.1) is 32.8 Å². The summed E-state index contributed by atoms with van der Waals surface area (Å²) in [5.41, 5.74) is 0.917. The van der Waals surface area contributed by atoms with E-state index in [1.165, 1.54) is 0 Å². The molecular weight excluding hydrogens is 524 g/mol. The molecule has 0 unspecified atom stereocenters.